The van der Waals surface area contributed by atoms with Crippen molar-refractivity contribution in [3.8, 4) is 11.1 Å². The molecule has 0 aliphatic carbocycles. The van der Waals surface area contributed by atoms with E-state index in [0.29, 0.717) is 17.8 Å². The second-order valence-corrected chi connectivity index (χ2v) is 12.2. The van der Waals surface area contributed by atoms with E-state index in [1.54, 1.807) is 37.5 Å². The predicted octanol–water partition coefficient (Wildman–Crippen LogP) is 6.34. The maximum Gasteiger partial charge on any atom is 0.519 e. The summed E-state index contributed by atoms with van der Waals surface area (Å²) < 4.78 is 22.8. The summed E-state index contributed by atoms with van der Waals surface area (Å²) in [6.07, 6.45) is 2.33. The lowest BCUT2D eigenvalue weighted by molar-refractivity contribution is 0.00701. The molecule has 4 rings (SSSR count). The van der Waals surface area contributed by atoms with E-state index in [9.17, 15) is 19.5 Å². The van der Waals surface area contributed by atoms with Crippen molar-refractivity contribution in [3.05, 3.63) is 99.0 Å². The third-order valence-electron chi connectivity index (χ3n) is 6.89. The molecule has 0 radical (unpaired) electrons. The van der Waals surface area contributed by atoms with Crippen LogP contribution in [0.2, 0.25) is 0 Å². The Morgan fingerprint density at radius 2 is 1.66 bits per heavy atom. The first kappa shape index (κ1) is 32.5. The SMILES string of the molecule is CCCCc1nc(C(C)(C)O)c(C(=O)OCc2oc(=O)oc2C)n1Cc1ccc(-c2ccccc2C(=O)OC(C)(C)C)cc1. The van der Waals surface area contributed by atoms with Gasteiger partial charge in [0.05, 0.1) is 5.56 Å². The largest absolute Gasteiger partial charge is 0.519 e. The Kier molecular flexibility index (Phi) is 9.63. The number of ether oxygens (including phenoxy) is 2. The number of hydrogen-bond donors (Lipinski definition) is 1. The Morgan fingerprint density at radius 3 is 2.25 bits per heavy atom. The van der Waals surface area contributed by atoms with E-state index in [0.717, 1.165) is 29.5 Å². The molecular weight excluding hydrogens is 564 g/mol. The van der Waals surface area contributed by atoms with E-state index in [1.165, 1.54) is 0 Å². The van der Waals surface area contributed by atoms with E-state index < -0.39 is 29.0 Å². The van der Waals surface area contributed by atoms with E-state index >= 15 is 0 Å². The molecule has 4 aromatic rings. The summed E-state index contributed by atoms with van der Waals surface area (Å²) in [7, 11) is 0. The lowest BCUT2D eigenvalue weighted by Crippen LogP contribution is -2.24. The van der Waals surface area contributed by atoms with Gasteiger partial charge in [-0.1, -0.05) is 55.8 Å². The molecule has 2 aromatic carbocycles. The fourth-order valence-electron chi connectivity index (χ4n) is 4.75. The lowest BCUT2D eigenvalue weighted by Gasteiger charge is -2.20. The highest BCUT2D eigenvalue weighted by Crippen LogP contribution is 2.29. The molecule has 0 fully saturated rings. The number of benzene rings is 2. The van der Waals surface area contributed by atoms with Gasteiger partial charge < -0.3 is 28.0 Å². The van der Waals surface area contributed by atoms with Gasteiger partial charge in [-0.2, -0.15) is 0 Å². The molecule has 10 nitrogen and oxygen atoms in total. The van der Waals surface area contributed by atoms with Gasteiger partial charge in [0.25, 0.3) is 0 Å². The van der Waals surface area contributed by atoms with Crippen LogP contribution in [-0.4, -0.2) is 32.2 Å². The smallest absolute Gasteiger partial charge is 0.456 e. The molecule has 0 amide bonds. The number of rotatable bonds is 11. The first-order chi connectivity index (χ1) is 20.7. The van der Waals surface area contributed by atoms with Crippen LogP contribution in [0.1, 0.15) is 104 Å². The van der Waals surface area contributed by atoms with Crippen molar-refractivity contribution in [2.24, 2.45) is 0 Å². The molecule has 0 aliphatic heterocycles. The van der Waals surface area contributed by atoms with Gasteiger partial charge in [0, 0.05) is 13.0 Å². The summed E-state index contributed by atoms with van der Waals surface area (Å²) in [5, 5.41) is 11.0. The number of aliphatic hydroxyl groups is 1. The van der Waals surface area contributed by atoms with Gasteiger partial charge in [0.1, 0.15) is 22.7 Å². The number of esters is 2. The van der Waals surface area contributed by atoms with Crippen molar-refractivity contribution in [1.29, 1.82) is 0 Å². The average molecular weight is 605 g/mol. The second kappa shape index (κ2) is 13.1. The van der Waals surface area contributed by atoms with Gasteiger partial charge >= 0.3 is 17.8 Å². The van der Waals surface area contributed by atoms with Gasteiger partial charge in [-0.15, -0.1) is 0 Å². The quantitative estimate of drug-likeness (QED) is 0.195. The van der Waals surface area contributed by atoms with Crippen LogP contribution in [0.5, 0.6) is 0 Å². The summed E-state index contributed by atoms with van der Waals surface area (Å²) in [6.45, 7) is 12.2. The molecule has 0 aliphatic rings. The molecule has 2 heterocycles. The van der Waals surface area contributed by atoms with Crippen LogP contribution in [0, 0.1) is 6.92 Å². The lowest BCUT2D eigenvalue weighted by atomic mass is 9.98. The third-order valence-corrected chi connectivity index (χ3v) is 6.89. The van der Waals surface area contributed by atoms with Gasteiger partial charge in [-0.25, -0.2) is 19.4 Å². The Morgan fingerprint density at radius 1 is 0.977 bits per heavy atom. The highest BCUT2D eigenvalue weighted by molar-refractivity contribution is 5.97. The Bertz CT molecular complexity index is 1680. The van der Waals surface area contributed by atoms with Crippen LogP contribution < -0.4 is 5.82 Å². The minimum Gasteiger partial charge on any atom is -0.456 e. The second-order valence-electron chi connectivity index (χ2n) is 12.2. The summed E-state index contributed by atoms with van der Waals surface area (Å²) in [5.74, 6) is -1.04. The highest BCUT2D eigenvalue weighted by atomic mass is 16.6. The molecule has 0 bridgehead atoms. The number of hydrogen-bond acceptors (Lipinski definition) is 9. The molecule has 0 saturated carbocycles. The summed E-state index contributed by atoms with van der Waals surface area (Å²) >= 11 is 0. The zero-order chi connectivity index (χ0) is 32.2. The summed E-state index contributed by atoms with van der Waals surface area (Å²) in [4.78, 5) is 42.6. The molecular formula is C34H40N2O8. The molecule has 44 heavy (non-hydrogen) atoms. The normalized spacial score (nSPS) is 11.9. The molecule has 0 spiro atoms. The summed E-state index contributed by atoms with van der Waals surface area (Å²) in [6, 6.07) is 15.0. The number of aryl methyl sites for hydroxylation is 2. The topological polar surface area (TPSA) is 134 Å². The minimum atomic E-state index is -1.44. The number of unbranched alkanes of at least 4 members (excludes halogenated alkanes) is 1. The standard InChI is InChI=1S/C34H40N2O8/c1-8-9-14-27-35-29(34(6,7)40)28(31(38)41-20-26-21(2)42-32(39)43-26)36(27)19-22-15-17-23(18-16-22)24-12-10-11-13-25(24)30(37)44-33(3,4)5/h10-13,15-18,40H,8-9,14,19-20H2,1-7H3. The molecule has 0 atom stereocenters. The van der Waals surface area contributed by atoms with Gasteiger partial charge in [-0.05, 0) is 70.7 Å². The Labute approximate surface area is 256 Å². The van der Waals surface area contributed by atoms with Gasteiger partial charge in [-0.3, -0.25) is 0 Å². The van der Waals surface area contributed by atoms with E-state index in [4.69, 9.17) is 23.3 Å². The monoisotopic (exact) mass is 604 g/mol. The number of carbonyl (C=O) groups is 2. The number of nitrogens with zero attached hydrogens (tertiary/aromatic N) is 2. The molecule has 1 N–H and O–H groups in total. The van der Waals surface area contributed by atoms with Crippen LogP contribution in [0.4, 0.5) is 0 Å². The van der Waals surface area contributed by atoms with Crippen LogP contribution in [0.3, 0.4) is 0 Å². The fraction of sp³-hybridized carbons (Fsp3) is 0.412. The number of aromatic nitrogens is 2. The predicted molar refractivity (Wildman–Crippen MR) is 163 cm³/mol. The Hall–Kier alpha value is -4.44. The Balaban J connectivity index is 1.69. The molecule has 0 saturated heterocycles. The van der Waals surface area contributed by atoms with E-state index in [2.05, 4.69) is 6.92 Å². The van der Waals surface area contributed by atoms with Crippen molar-refractivity contribution in [2.45, 2.75) is 92.1 Å². The maximum absolute atomic E-state index is 13.6. The fourth-order valence-corrected chi connectivity index (χ4v) is 4.75. The van der Waals surface area contributed by atoms with Crippen molar-refractivity contribution in [1.82, 2.24) is 9.55 Å². The first-order valence-corrected chi connectivity index (χ1v) is 14.7. The van der Waals surface area contributed by atoms with Crippen molar-refractivity contribution < 1.29 is 33.0 Å². The molecule has 0 unspecified atom stereocenters. The molecule has 2 aromatic heterocycles. The minimum absolute atomic E-state index is 0.104. The van der Waals surface area contributed by atoms with Crippen LogP contribution >= 0.6 is 0 Å². The first-order valence-electron chi connectivity index (χ1n) is 14.7. The number of imidazole rings is 1. The maximum atomic E-state index is 13.6. The number of carbonyl (C=O) groups excluding carboxylic acids is 2. The molecule has 234 valence electrons. The van der Waals surface area contributed by atoms with Crippen LogP contribution in [-0.2, 0) is 34.6 Å². The van der Waals surface area contributed by atoms with Gasteiger partial charge in [0.15, 0.2) is 23.8 Å². The van der Waals surface area contributed by atoms with E-state index in [-0.39, 0.29) is 36.1 Å². The zero-order valence-corrected chi connectivity index (χ0v) is 26.4. The van der Waals surface area contributed by atoms with Crippen LogP contribution in [0.25, 0.3) is 11.1 Å². The van der Waals surface area contributed by atoms with E-state index in [1.807, 2.05) is 57.2 Å². The van der Waals surface area contributed by atoms with Crippen LogP contribution in [0.15, 0.2) is 62.2 Å². The highest BCUT2D eigenvalue weighted by Gasteiger charge is 2.33. The molecule has 10 heteroatoms. The van der Waals surface area contributed by atoms with Gasteiger partial charge in [0.2, 0.25) is 0 Å². The zero-order valence-electron chi connectivity index (χ0n) is 26.4. The summed E-state index contributed by atoms with van der Waals surface area (Å²) in [5.41, 5.74) is 1.17. The third kappa shape index (κ3) is 7.74. The van der Waals surface area contributed by atoms with Crippen molar-refractivity contribution in [2.75, 3.05) is 0 Å². The van der Waals surface area contributed by atoms with Crippen molar-refractivity contribution in [3.63, 3.8) is 0 Å². The van der Waals surface area contributed by atoms with Crippen molar-refractivity contribution >= 4 is 11.9 Å². The average Bonchev–Trinajstić information content (AvgIpc) is 3.48.